The van der Waals surface area contributed by atoms with E-state index in [0.29, 0.717) is 17.4 Å². The number of esters is 1. The lowest BCUT2D eigenvalue weighted by molar-refractivity contribution is -0.103. The molecule has 88 valence electrons. The Morgan fingerprint density at radius 1 is 1.29 bits per heavy atom. The molecule has 1 aromatic rings. The van der Waals surface area contributed by atoms with Gasteiger partial charge >= 0.3 is 5.97 Å². The third-order valence-corrected chi connectivity index (χ3v) is 1.81. The summed E-state index contributed by atoms with van der Waals surface area (Å²) < 4.78 is 5.25. The number of carbonyl (C=O) groups excluding carboxylic acids is 2. The van der Waals surface area contributed by atoms with E-state index < -0.39 is 11.6 Å². The number of aldehydes is 1. The van der Waals surface area contributed by atoms with Crippen LogP contribution in [0, 0.1) is 11.8 Å². The van der Waals surface area contributed by atoms with Crippen LogP contribution < -0.4 is 0 Å². The molecule has 0 N–H and O–H groups in total. The molecule has 0 saturated heterocycles. The minimum Gasteiger partial charge on any atom is -0.456 e. The zero-order valence-corrected chi connectivity index (χ0v) is 10.1. The van der Waals surface area contributed by atoms with Gasteiger partial charge in [-0.3, -0.25) is 4.79 Å². The van der Waals surface area contributed by atoms with E-state index in [1.54, 1.807) is 45.0 Å². The highest BCUT2D eigenvalue weighted by molar-refractivity contribution is 5.93. The summed E-state index contributed by atoms with van der Waals surface area (Å²) in [4.78, 5) is 22.1. The fraction of sp³-hybridized carbons (Fsp3) is 0.286. The molecule has 0 aliphatic rings. The zero-order chi connectivity index (χ0) is 12.9. The van der Waals surface area contributed by atoms with E-state index in [4.69, 9.17) is 4.74 Å². The van der Waals surface area contributed by atoms with Gasteiger partial charge in [0.25, 0.3) is 0 Å². The molecule has 0 amide bonds. The maximum atomic E-state index is 11.9. The van der Waals surface area contributed by atoms with Crippen molar-refractivity contribution in [2.75, 3.05) is 0 Å². The van der Waals surface area contributed by atoms with E-state index >= 15 is 0 Å². The Balaban J connectivity index is 3.05. The molecule has 0 unspecified atom stereocenters. The van der Waals surface area contributed by atoms with Crippen LogP contribution in [0.2, 0.25) is 0 Å². The molecule has 3 heteroatoms. The molecule has 17 heavy (non-hydrogen) atoms. The standard InChI is InChI=1S/C14H14O3/c1-14(2,3)17-13(16)12-9-5-4-7-11(12)8-6-10-15/h4-5,7,9-10H,1-3H3. The first-order valence-electron chi connectivity index (χ1n) is 5.21. The fourth-order valence-corrected chi connectivity index (χ4v) is 1.21. The Morgan fingerprint density at radius 2 is 1.94 bits per heavy atom. The molecule has 0 saturated carbocycles. The zero-order valence-electron chi connectivity index (χ0n) is 10.1. The van der Waals surface area contributed by atoms with Gasteiger partial charge in [-0.25, -0.2) is 4.79 Å². The van der Waals surface area contributed by atoms with Crippen LogP contribution in [0.5, 0.6) is 0 Å². The molecule has 0 bridgehead atoms. The Morgan fingerprint density at radius 3 is 2.53 bits per heavy atom. The molecule has 0 heterocycles. The van der Waals surface area contributed by atoms with Crippen LogP contribution in [0.1, 0.15) is 36.7 Å². The van der Waals surface area contributed by atoms with E-state index in [1.807, 2.05) is 0 Å². The first-order chi connectivity index (χ1) is 7.94. The largest absolute Gasteiger partial charge is 0.456 e. The van der Waals surface area contributed by atoms with Crippen LogP contribution in [0.4, 0.5) is 0 Å². The molecule has 0 fully saturated rings. The second kappa shape index (κ2) is 5.31. The molecule has 1 aromatic carbocycles. The van der Waals surface area contributed by atoms with Gasteiger partial charge < -0.3 is 4.74 Å². The van der Waals surface area contributed by atoms with E-state index in [2.05, 4.69) is 11.8 Å². The summed E-state index contributed by atoms with van der Waals surface area (Å²) in [5.74, 6) is 4.46. The second-order valence-corrected chi connectivity index (χ2v) is 4.43. The topological polar surface area (TPSA) is 43.4 Å². The van der Waals surface area contributed by atoms with Crippen molar-refractivity contribution in [2.24, 2.45) is 0 Å². The average Bonchev–Trinajstić information content (AvgIpc) is 2.24. The third-order valence-electron chi connectivity index (χ3n) is 1.81. The van der Waals surface area contributed by atoms with Gasteiger partial charge in [0.2, 0.25) is 0 Å². The number of hydrogen-bond donors (Lipinski definition) is 0. The van der Waals surface area contributed by atoms with Crippen LogP contribution in [-0.2, 0) is 9.53 Å². The van der Waals surface area contributed by atoms with Crippen LogP contribution in [0.3, 0.4) is 0 Å². The van der Waals surface area contributed by atoms with Gasteiger partial charge in [0.15, 0.2) is 6.29 Å². The Hall–Kier alpha value is -2.08. The number of ether oxygens (including phenoxy) is 1. The molecular formula is C14H14O3. The number of rotatable bonds is 1. The Kier molecular flexibility index (Phi) is 4.06. The SMILES string of the molecule is CC(C)(C)OC(=O)c1ccccc1C#CC=O. The van der Waals surface area contributed by atoms with E-state index in [9.17, 15) is 9.59 Å². The molecule has 0 spiro atoms. The smallest absolute Gasteiger partial charge is 0.339 e. The van der Waals surface area contributed by atoms with Crippen LogP contribution >= 0.6 is 0 Å². The van der Waals surface area contributed by atoms with Gasteiger partial charge in [0.05, 0.1) is 5.56 Å². The van der Waals surface area contributed by atoms with Gasteiger partial charge in [-0.15, -0.1) is 0 Å². The quantitative estimate of drug-likeness (QED) is 0.422. The highest BCUT2D eigenvalue weighted by Crippen LogP contribution is 2.14. The lowest BCUT2D eigenvalue weighted by Gasteiger charge is -2.19. The second-order valence-electron chi connectivity index (χ2n) is 4.43. The number of hydrogen-bond acceptors (Lipinski definition) is 3. The minimum absolute atomic E-state index is 0.372. The van der Waals surface area contributed by atoms with E-state index in [-0.39, 0.29) is 0 Å². The lowest BCUT2D eigenvalue weighted by atomic mass is 10.1. The fourth-order valence-electron chi connectivity index (χ4n) is 1.21. The predicted molar refractivity (Wildman–Crippen MR) is 64.6 cm³/mol. The summed E-state index contributed by atoms with van der Waals surface area (Å²) in [6.07, 6.45) is 0.492. The van der Waals surface area contributed by atoms with Crippen molar-refractivity contribution in [1.82, 2.24) is 0 Å². The summed E-state index contributed by atoms with van der Waals surface area (Å²) in [5, 5.41) is 0. The molecule has 0 aromatic heterocycles. The van der Waals surface area contributed by atoms with E-state index in [1.165, 1.54) is 0 Å². The predicted octanol–water partition coefficient (Wildman–Crippen LogP) is 2.19. The van der Waals surface area contributed by atoms with Crippen LogP contribution in [-0.4, -0.2) is 17.9 Å². The van der Waals surface area contributed by atoms with Gasteiger partial charge in [-0.05, 0) is 38.8 Å². The maximum absolute atomic E-state index is 11.9. The highest BCUT2D eigenvalue weighted by atomic mass is 16.6. The van der Waals surface area contributed by atoms with Crippen molar-refractivity contribution in [3.63, 3.8) is 0 Å². The summed E-state index contributed by atoms with van der Waals surface area (Å²) in [6.45, 7) is 5.39. The lowest BCUT2D eigenvalue weighted by Crippen LogP contribution is -2.24. The van der Waals surface area contributed by atoms with Crippen LogP contribution in [0.15, 0.2) is 24.3 Å². The Labute approximate surface area is 101 Å². The van der Waals surface area contributed by atoms with Gasteiger partial charge in [0, 0.05) is 5.56 Å². The molecule has 0 aliphatic heterocycles. The molecule has 1 rings (SSSR count). The molecular weight excluding hydrogens is 216 g/mol. The molecule has 3 nitrogen and oxygen atoms in total. The molecule has 0 aliphatic carbocycles. The van der Waals surface area contributed by atoms with E-state index in [0.717, 1.165) is 0 Å². The van der Waals surface area contributed by atoms with Gasteiger partial charge in [0.1, 0.15) is 5.60 Å². The summed E-state index contributed by atoms with van der Waals surface area (Å²) in [6, 6.07) is 6.78. The number of carbonyl (C=O) groups is 2. The third kappa shape index (κ3) is 4.12. The average molecular weight is 230 g/mol. The van der Waals surface area contributed by atoms with Crippen molar-refractivity contribution >= 4 is 12.3 Å². The maximum Gasteiger partial charge on any atom is 0.339 e. The number of benzene rings is 1. The summed E-state index contributed by atoms with van der Waals surface area (Å²) >= 11 is 0. The summed E-state index contributed by atoms with van der Waals surface area (Å²) in [7, 11) is 0. The molecule has 0 atom stereocenters. The summed E-state index contributed by atoms with van der Waals surface area (Å²) in [5.41, 5.74) is 0.313. The first-order valence-corrected chi connectivity index (χ1v) is 5.21. The van der Waals surface area contributed by atoms with Crippen molar-refractivity contribution < 1.29 is 14.3 Å². The normalized spacial score (nSPS) is 10.1. The highest BCUT2D eigenvalue weighted by Gasteiger charge is 2.19. The van der Waals surface area contributed by atoms with Gasteiger partial charge in [-0.1, -0.05) is 18.1 Å². The van der Waals surface area contributed by atoms with Crippen molar-refractivity contribution in [2.45, 2.75) is 26.4 Å². The molecule has 0 radical (unpaired) electrons. The Bertz CT molecular complexity index is 484. The monoisotopic (exact) mass is 230 g/mol. The van der Waals surface area contributed by atoms with Crippen molar-refractivity contribution in [3.8, 4) is 11.8 Å². The first kappa shape index (κ1) is 13.0. The van der Waals surface area contributed by atoms with Crippen LogP contribution in [0.25, 0.3) is 0 Å². The van der Waals surface area contributed by atoms with Gasteiger partial charge in [-0.2, -0.15) is 0 Å². The minimum atomic E-state index is -0.553. The van der Waals surface area contributed by atoms with Crippen molar-refractivity contribution in [1.29, 1.82) is 0 Å². The van der Waals surface area contributed by atoms with Crippen molar-refractivity contribution in [3.05, 3.63) is 35.4 Å².